The average molecular weight is 270 g/mol. The van der Waals surface area contributed by atoms with Crippen LogP contribution in [0.15, 0.2) is 23.0 Å². The van der Waals surface area contributed by atoms with Gasteiger partial charge in [0, 0.05) is 28.9 Å². The van der Waals surface area contributed by atoms with Crippen LogP contribution in [0.3, 0.4) is 0 Å². The standard InChI is InChI=1S/C14H14N4O2/c1-7-13(8(2)20-18-7)10-3-11-9(4-12(15)19)5-16-14(11)17-6-10/h3,5-6H,4H2,1-2H3,(H2,15,19)(H,16,17). The second-order valence-electron chi connectivity index (χ2n) is 4.78. The summed E-state index contributed by atoms with van der Waals surface area (Å²) in [6.45, 7) is 3.75. The van der Waals surface area contributed by atoms with E-state index in [0.717, 1.165) is 39.2 Å². The van der Waals surface area contributed by atoms with E-state index in [2.05, 4.69) is 15.1 Å². The number of nitrogens with two attached hydrogens (primary N) is 1. The van der Waals surface area contributed by atoms with Crippen molar-refractivity contribution >= 4 is 16.9 Å². The SMILES string of the molecule is Cc1noc(C)c1-c1cnc2[nH]cc(CC(N)=O)c2c1. The third-order valence-corrected chi connectivity index (χ3v) is 3.30. The Kier molecular flexibility index (Phi) is 2.78. The number of aromatic amines is 1. The van der Waals surface area contributed by atoms with Crippen LogP contribution in [0.25, 0.3) is 22.2 Å². The number of rotatable bonds is 3. The fraction of sp³-hybridized carbons (Fsp3) is 0.214. The summed E-state index contributed by atoms with van der Waals surface area (Å²) in [6, 6.07) is 1.98. The summed E-state index contributed by atoms with van der Waals surface area (Å²) in [5.74, 6) is 0.379. The maximum Gasteiger partial charge on any atom is 0.221 e. The van der Waals surface area contributed by atoms with Crippen LogP contribution in [0.1, 0.15) is 17.0 Å². The van der Waals surface area contributed by atoms with E-state index in [0.29, 0.717) is 0 Å². The summed E-state index contributed by atoms with van der Waals surface area (Å²) in [6.07, 6.45) is 3.71. The van der Waals surface area contributed by atoms with Gasteiger partial charge in [-0.3, -0.25) is 4.79 Å². The van der Waals surface area contributed by atoms with E-state index in [1.807, 2.05) is 19.9 Å². The zero-order valence-electron chi connectivity index (χ0n) is 11.2. The van der Waals surface area contributed by atoms with Crippen molar-refractivity contribution in [3.8, 4) is 11.1 Å². The number of hydrogen-bond acceptors (Lipinski definition) is 4. The van der Waals surface area contributed by atoms with Gasteiger partial charge in [0.2, 0.25) is 5.91 Å². The number of amides is 1. The average Bonchev–Trinajstić information content (AvgIpc) is 2.93. The third kappa shape index (κ3) is 1.95. The molecule has 3 rings (SSSR count). The lowest BCUT2D eigenvalue weighted by molar-refractivity contribution is -0.117. The Labute approximate surface area is 115 Å². The molecule has 0 saturated carbocycles. The highest BCUT2D eigenvalue weighted by atomic mass is 16.5. The van der Waals surface area contributed by atoms with Crippen LogP contribution in [0, 0.1) is 13.8 Å². The van der Waals surface area contributed by atoms with Gasteiger partial charge in [-0.25, -0.2) is 4.98 Å². The largest absolute Gasteiger partial charge is 0.369 e. The van der Waals surface area contributed by atoms with Crippen LogP contribution in [0.4, 0.5) is 0 Å². The lowest BCUT2D eigenvalue weighted by Gasteiger charge is -2.01. The maximum absolute atomic E-state index is 11.1. The van der Waals surface area contributed by atoms with Crippen LogP contribution in [-0.4, -0.2) is 21.0 Å². The fourth-order valence-corrected chi connectivity index (χ4v) is 2.42. The van der Waals surface area contributed by atoms with E-state index >= 15 is 0 Å². The monoisotopic (exact) mass is 270 g/mol. The smallest absolute Gasteiger partial charge is 0.221 e. The van der Waals surface area contributed by atoms with E-state index in [-0.39, 0.29) is 12.3 Å². The van der Waals surface area contributed by atoms with Crippen LogP contribution < -0.4 is 5.73 Å². The molecule has 0 saturated heterocycles. The molecular weight excluding hydrogens is 256 g/mol. The number of carbonyl (C=O) groups is 1. The van der Waals surface area contributed by atoms with E-state index < -0.39 is 0 Å². The molecule has 3 aromatic rings. The first kappa shape index (κ1) is 12.4. The quantitative estimate of drug-likeness (QED) is 0.759. The first-order valence-electron chi connectivity index (χ1n) is 6.24. The van der Waals surface area contributed by atoms with Crippen molar-refractivity contribution in [3.63, 3.8) is 0 Å². The van der Waals surface area contributed by atoms with Crippen LogP contribution in [0.2, 0.25) is 0 Å². The molecule has 102 valence electrons. The highest BCUT2D eigenvalue weighted by Gasteiger charge is 2.14. The Hall–Kier alpha value is -2.63. The number of H-pyrrole nitrogens is 1. The van der Waals surface area contributed by atoms with Crippen molar-refractivity contribution in [2.75, 3.05) is 0 Å². The number of nitrogens with zero attached hydrogens (tertiary/aromatic N) is 2. The topological polar surface area (TPSA) is 97.8 Å². The van der Waals surface area contributed by atoms with Gasteiger partial charge in [0.05, 0.1) is 12.1 Å². The van der Waals surface area contributed by atoms with Crippen molar-refractivity contribution < 1.29 is 9.32 Å². The minimum Gasteiger partial charge on any atom is -0.369 e. The van der Waals surface area contributed by atoms with Gasteiger partial charge in [-0.05, 0) is 25.5 Å². The van der Waals surface area contributed by atoms with Crippen molar-refractivity contribution in [2.45, 2.75) is 20.3 Å². The zero-order valence-corrected chi connectivity index (χ0v) is 11.2. The molecule has 3 heterocycles. The molecular formula is C14H14N4O2. The van der Waals surface area contributed by atoms with Crippen LogP contribution in [0.5, 0.6) is 0 Å². The molecule has 6 nitrogen and oxygen atoms in total. The molecule has 0 aliphatic rings. The lowest BCUT2D eigenvalue weighted by Crippen LogP contribution is -2.13. The molecule has 0 aliphatic carbocycles. The maximum atomic E-state index is 11.1. The minimum atomic E-state index is -0.367. The molecule has 1 amide bonds. The molecule has 0 fully saturated rings. The molecule has 0 aromatic carbocycles. The number of aromatic nitrogens is 3. The Balaban J connectivity index is 2.17. The molecule has 0 bridgehead atoms. The summed E-state index contributed by atoms with van der Waals surface area (Å²) >= 11 is 0. The highest BCUT2D eigenvalue weighted by molar-refractivity contribution is 5.89. The summed E-state index contributed by atoms with van der Waals surface area (Å²) in [5.41, 5.74) is 9.50. The van der Waals surface area contributed by atoms with Gasteiger partial charge in [-0.2, -0.15) is 0 Å². The Morgan fingerprint density at radius 3 is 2.90 bits per heavy atom. The van der Waals surface area contributed by atoms with Crippen LogP contribution >= 0.6 is 0 Å². The summed E-state index contributed by atoms with van der Waals surface area (Å²) in [5, 5.41) is 4.84. The van der Waals surface area contributed by atoms with Gasteiger partial charge >= 0.3 is 0 Å². The zero-order chi connectivity index (χ0) is 14.3. The van der Waals surface area contributed by atoms with E-state index in [9.17, 15) is 4.79 Å². The van der Waals surface area contributed by atoms with E-state index in [1.165, 1.54) is 0 Å². The molecule has 0 radical (unpaired) electrons. The van der Waals surface area contributed by atoms with Crippen molar-refractivity contribution in [2.24, 2.45) is 5.73 Å². The molecule has 3 aromatic heterocycles. The van der Waals surface area contributed by atoms with Gasteiger partial charge in [0.1, 0.15) is 11.4 Å². The van der Waals surface area contributed by atoms with Crippen molar-refractivity contribution in [1.82, 2.24) is 15.1 Å². The molecule has 0 spiro atoms. The number of carbonyl (C=O) groups excluding carboxylic acids is 1. The number of pyridine rings is 1. The van der Waals surface area contributed by atoms with Gasteiger partial charge in [0.25, 0.3) is 0 Å². The fourth-order valence-electron chi connectivity index (χ4n) is 2.42. The summed E-state index contributed by atoms with van der Waals surface area (Å²) < 4.78 is 5.18. The Morgan fingerprint density at radius 1 is 1.45 bits per heavy atom. The molecule has 6 heteroatoms. The first-order chi connectivity index (χ1) is 9.56. The van der Waals surface area contributed by atoms with Gasteiger partial charge in [-0.1, -0.05) is 5.16 Å². The number of fused-ring (bicyclic) bond motifs is 1. The first-order valence-corrected chi connectivity index (χ1v) is 6.24. The number of hydrogen-bond donors (Lipinski definition) is 2. The minimum absolute atomic E-state index is 0.187. The lowest BCUT2D eigenvalue weighted by atomic mass is 10.0. The van der Waals surface area contributed by atoms with E-state index in [4.69, 9.17) is 10.3 Å². The Bertz CT molecular complexity index is 781. The normalized spacial score (nSPS) is 11.1. The van der Waals surface area contributed by atoms with Gasteiger partial charge < -0.3 is 15.2 Å². The molecule has 0 atom stereocenters. The summed E-state index contributed by atoms with van der Waals surface area (Å²) in [4.78, 5) is 18.5. The van der Waals surface area contributed by atoms with E-state index in [1.54, 1.807) is 12.4 Å². The van der Waals surface area contributed by atoms with Gasteiger partial charge in [0.15, 0.2) is 0 Å². The molecule has 20 heavy (non-hydrogen) atoms. The Morgan fingerprint density at radius 2 is 2.25 bits per heavy atom. The van der Waals surface area contributed by atoms with Crippen LogP contribution in [-0.2, 0) is 11.2 Å². The number of nitrogens with one attached hydrogen (secondary N) is 1. The van der Waals surface area contributed by atoms with Crippen molar-refractivity contribution in [1.29, 1.82) is 0 Å². The molecule has 0 aliphatic heterocycles. The second-order valence-corrected chi connectivity index (χ2v) is 4.78. The number of primary amides is 1. The highest BCUT2D eigenvalue weighted by Crippen LogP contribution is 2.29. The second kappa shape index (κ2) is 4.48. The summed E-state index contributed by atoms with van der Waals surface area (Å²) in [7, 11) is 0. The molecule has 0 unspecified atom stereocenters. The van der Waals surface area contributed by atoms with Crippen molar-refractivity contribution in [3.05, 3.63) is 35.5 Å². The van der Waals surface area contributed by atoms with Gasteiger partial charge in [-0.15, -0.1) is 0 Å². The number of aryl methyl sites for hydroxylation is 2. The third-order valence-electron chi connectivity index (χ3n) is 3.30. The molecule has 3 N–H and O–H groups in total. The predicted molar refractivity (Wildman–Crippen MR) is 74.0 cm³/mol. The predicted octanol–water partition coefficient (Wildman–Crippen LogP) is 1.86.